The van der Waals surface area contributed by atoms with Gasteiger partial charge in [0.25, 0.3) is 0 Å². The van der Waals surface area contributed by atoms with Crippen molar-refractivity contribution in [2.24, 2.45) is 11.7 Å². The molecule has 0 fully saturated rings. The van der Waals surface area contributed by atoms with Crippen molar-refractivity contribution < 1.29 is 4.74 Å². The van der Waals surface area contributed by atoms with Gasteiger partial charge in [0, 0.05) is 11.8 Å². The normalized spacial score (nSPS) is 18.6. The van der Waals surface area contributed by atoms with Gasteiger partial charge < -0.3 is 10.5 Å². The van der Waals surface area contributed by atoms with Crippen LogP contribution in [0.2, 0.25) is 0 Å². The molecule has 0 saturated heterocycles. The first-order chi connectivity index (χ1) is 9.19. The summed E-state index contributed by atoms with van der Waals surface area (Å²) in [5.41, 5.74) is 7.00. The lowest BCUT2D eigenvalue weighted by Crippen LogP contribution is -2.00. The highest BCUT2D eigenvalue weighted by atomic mass is 16.5. The van der Waals surface area contributed by atoms with Crippen molar-refractivity contribution in [3.05, 3.63) is 59.9 Å². The average molecular weight is 252 g/mol. The van der Waals surface area contributed by atoms with E-state index in [-0.39, 0.29) is 0 Å². The van der Waals surface area contributed by atoms with Crippen molar-refractivity contribution in [1.29, 1.82) is 5.26 Å². The molecule has 2 N–H and O–H groups in total. The predicted octanol–water partition coefficient (Wildman–Crippen LogP) is 3.37. The number of ether oxygens (including phenoxy) is 1. The Labute approximate surface area is 113 Å². The summed E-state index contributed by atoms with van der Waals surface area (Å²) in [4.78, 5) is 0. The van der Waals surface area contributed by atoms with Crippen LogP contribution in [-0.4, -0.2) is 0 Å². The maximum absolute atomic E-state index is 8.54. The molecule has 1 unspecified atom stereocenters. The topological polar surface area (TPSA) is 59.0 Å². The molecule has 0 amide bonds. The minimum absolute atomic E-state index is 0.458. The molecule has 3 nitrogen and oxygen atoms in total. The summed E-state index contributed by atoms with van der Waals surface area (Å²) in [6, 6.07) is 9.29. The molecule has 1 aliphatic rings. The molecule has 96 valence electrons. The number of allylic oxidation sites excluding steroid dienone is 4. The first-order valence-corrected chi connectivity index (χ1v) is 6.21. The molecule has 1 aliphatic carbocycles. The van der Waals surface area contributed by atoms with Crippen molar-refractivity contribution in [2.75, 3.05) is 0 Å². The Kier molecular flexibility index (Phi) is 4.04. The number of benzene rings is 1. The Bertz CT molecular complexity index is 574. The van der Waals surface area contributed by atoms with Crippen molar-refractivity contribution in [2.45, 2.75) is 13.3 Å². The SMILES string of the molecule is CC1C=CC(Oc2ccc(/C(N)=C/C#N)cc2)=CC1. The van der Waals surface area contributed by atoms with Gasteiger partial charge in [0.05, 0.1) is 6.07 Å². The van der Waals surface area contributed by atoms with Gasteiger partial charge >= 0.3 is 0 Å². The van der Waals surface area contributed by atoms with Crippen LogP contribution in [0.25, 0.3) is 5.70 Å². The summed E-state index contributed by atoms with van der Waals surface area (Å²) in [6.45, 7) is 2.17. The molecule has 0 spiro atoms. The summed E-state index contributed by atoms with van der Waals surface area (Å²) < 4.78 is 5.75. The van der Waals surface area contributed by atoms with Crippen LogP contribution >= 0.6 is 0 Å². The lowest BCUT2D eigenvalue weighted by molar-refractivity contribution is 0.435. The fourth-order valence-corrected chi connectivity index (χ4v) is 1.79. The van der Waals surface area contributed by atoms with E-state index in [0.29, 0.717) is 11.6 Å². The molecule has 0 aliphatic heterocycles. The summed E-state index contributed by atoms with van der Waals surface area (Å²) >= 11 is 0. The Hall–Kier alpha value is -2.47. The lowest BCUT2D eigenvalue weighted by Gasteiger charge is -2.13. The molecule has 0 bridgehead atoms. The summed E-state index contributed by atoms with van der Waals surface area (Å²) in [5.74, 6) is 2.20. The number of nitriles is 1. The van der Waals surface area contributed by atoms with Crippen LogP contribution in [0.1, 0.15) is 18.9 Å². The molecular weight excluding hydrogens is 236 g/mol. The molecule has 1 atom stereocenters. The van der Waals surface area contributed by atoms with Gasteiger partial charge in [-0.15, -0.1) is 0 Å². The van der Waals surface area contributed by atoms with E-state index < -0.39 is 0 Å². The van der Waals surface area contributed by atoms with Gasteiger partial charge in [-0.3, -0.25) is 0 Å². The van der Waals surface area contributed by atoms with Crippen LogP contribution in [0.4, 0.5) is 0 Å². The molecule has 0 radical (unpaired) electrons. The van der Waals surface area contributed by atoms with Crippen molar-refractivity contribution in [3.8, 4) is 11.8 Å². The lowest BCUT2D eigenvalue weighted by atomic mass is 10.0. The van der Waals surface area contributed by atoms with E-state index in [9.17, 15) is 0 Å². The minimum Gasteiger partial charge on any atom is -0.458 e. The molecule has 1 aromatic carbocycles. The Morgan fingerprint density at radius 3 is 2.74 bits per heavy atom. The fraction of sp³-hybridized carbons (Fsp3) is 0.188. The minimum atomic E-state index is 0.458. The van der Waals surface area contributed by atoms with Crippen LogP contribution in [0.5, 0.6) is 5.75 Å². The van der Waals surface area contributed by atoms with Gasteiger partial charge in [-0.2, -0.15) is 5.26 Å². The van der Waals surface area contributed by atoms with Crippen LogP contribution in [0, 0.1) is 17.2 Å². The maximum Gasteiger partial charge on any atom is 0.127 e. The van der Waals surface area contributed by atoms with Gasteiger partial charge in [-0.25, -0.2) is 0 Å². The van der Waals surface area contributed by atoms with E-state index >= 15 is 0 Å². The third kappa shape index (κ3) is 3.49. The second kappa shape index (κ2) is 5.92. The van der Waals surface area contributed by atoms with Crippen LogP contribution in [0.3, 0.4) is 0 Å². The fourth-order valence-electron chi connectivity index (χ4n) is 1.79. The van der Waals surface area contributed by atoms with Gasteiger partial charge in [-0.1, -0.05) is 13.0 Å². The maximum atomic E-state index is 8.54. The molecule has 19 heavy (non-hydrogen) atoms. The molecular formula is C16H16N2O. The summed E-state index contributed by atoms with van der Waals surface area (Å²) in [5, 5.41) is 8.54. The van der Waals surface area contributed by atoms with E-state index in [1.54, 1.807) is 0 Å². The van der Waals surface area contributed by atoms with Crippen LogP contribution in [-0.2, 0) is 0 Å². The number of nitrogens with two attached hydrogens (primary N) is 1. The number of rotatable bonds is 3. The Balaban J connectivity index is 2.06. The summed E-state index contributed by atoms with van der Waals surface area (Å²) in [6.07, 6.45) is 8.54. The van der Waals surface area contributed by atoms with Gasteiger partial charge in [0.1, 0.15) is 11.5 Å². The largest absolute Gasteiger partial charge is 0.458 e. The highest BCUT2D eigenvalue weighted by Gasteiger charge is 2.05. The van der Waals surface area contributed by atoms with E-state index in [2.05, 4.69) is 19.1 Å². The van der Waals surface area contributed by atoms with Gasteiger partial charge in [-0.05, 0) is 54.3 Å². The monoisotopic (exact) mass is 252 g/mol. The van der Waals surface area contributed by atoms with Crippen molar-refractivity contribution >= 4 is 5.70 Å². The molecule has 2 rings (SSSR count). The average Bonchev–Trinajstić information content (AvgIpc) is 2.42. The summed E-state index contributed by atoms with van der Waals surface area (Å²) in [7, 11) is 0. The molecule has 0 heterocycles. The highest BCUT2D eigenvalue weighted by molar-refractivity contribution is 5.65. The number of nitrogens with zero attached hydrogens (tertiary/aromatic N) is 1. The third-order valence-electron chi connectivity index (χ3n) is 2.92. The zero-order chi connectivity index (χ0) is 13.7. The Morgan fingerprint density at radius 2 is 2.16 bits per heavy atom. The van der Waals surface area contributed by atoms with E-state index in [0.717, 1.165) is 23.5 Å². The Morgan fingerprint density at radius 1 is 1.42 bits per heavy atom. The van der Waals surface area contributed by atoms with Crippen LogP contribution < -0.4 is 10.5 Å². The third-order valence-corrected chi connectivity index (χ3v) is 2.92. The zero-order valence-corrected chi connectivity index (χ0v) is 10.8. The van der Waals surface area contributed by atoms with E-state index in [1.807, 2.05) is 36.4 Å². The highest BCUT2D eigenvalue weighted by Crippen LogP contribution is 2.21. The van der Waals surface area contributed by atoms with E-state index in [4.69, 9.17) is 15.7 Å². The second-order valence-corrected chi connectivity index (χ2v) is 4.53. The molecule has 0 saturated carbocycles. The first kappa shape index (κ1) is 13.0. The van der Waals surface area contributed by atoms with Gasteiger partial charge in [0.2, 0.25) is 0 Å². The zero-order valence-electron chi connectivity index (χ0n) is 10.8. The second-order valence-electron chi connectivity index (χ2n) is 4.53. The molecule has 1 aromatic rings. The van der Waals surface area contributed by atoms with Gasteiger partial charge in [0.15, 0.2) is 0 Å². The van der Waals surface area contributed by atoms with E-state index in [1.165, 1.54) is 6.08 Å². The van der Waals surface area contributed by atoms with Crippen LogP contribution in [0.15, 0.2) is 54.3 Å². The number of hydrogen-bond donors (Lipinski definition) is 1. The standard InChI is InChI=1S/C16H16N2O/c1-12-2-6-14(7-3-12)19-15-8-4-13(5-9-15)16(18)10-11-17/h2,4-10,12H,3,18H2,1H3/b16-10-. The van der Waals surface area contributed by atoms with Crippen molar-refractivity contribution in [1.82, 2.24) is 0 Å². The predicted molar refractivity (Wildman–Crippen MR) is 75.9 cm³/mol. The first-order valence-electron chi connectivity index (χ1n) is 6.21. The smallest absolute Gasteiger partial charge is 0.127 e. The molecule has 3 heteroatoms. The number of hydrogen-bond acceptors (Lipinski definition) is 3. The van der Waals surface area contributed by atoms with Crippen molar-refractivity contribution in [3.63, 3.8) is 0 Å². The quantitative estimate of drug-likeness (QED) is 0.839. The molecule has 0 aromatic heterocycles.